The topological polar surface area (TPSA) is 41.1 Å². The molecule has 2 rings (SSSR count). The maximum Gasteiger partial charge on any atom is 0.247 e. The van der Waals surface area contributed by atoms with Crippen molar-refractivity contribution in [2.45, 2.75) is 25.2 Å². The number of rotatable bonds is 3. The zero-order valence-corrected chi connectivity index (χ0v) is 10.8. The highest BCUT2D eigenvalue weighted by Crippen LogP contribution is 2.33. The Balaban J connectivity index is 2.20. The van der Waals surface area contributed by atoms with Crippen molar-refractivity contribution in [2.75, 3.05) is 18.4 Å². The molecule has 3 nitrogen and oxygen atoms in total. The fraction of sp³-hybridized carbons (Fsp3) is 0.400. The zero-order chi connectivity index (χ0) is 13.0. The van der Waals surface area contributed by atoms with Gasteiger partial charge in [-0.3, -0.25) is 4.79 Å². The van der Waals surface area contributed by atoms with Gasteiger partial charge in [0.05, 0.1) is 0 Å². The molecule has 0 atom stereocenters. The van der Waals surface area contributed by atoms with Crippen molar-refractivity contribution < 1.29 is 4.79 Å². The van der Waals surface area contributed by atoms with E-state index < -0.39 is 0 Å². The molecule has 0 spiro atoms. The van der Waals surface area contributed by atoms with Crippen LogP contribution in [0.3, 0.4) is 0 Å². The van der Waals surface area contributed by atoms with Crippen LogP contribution in [0.5, 0.6) is 0 Å². The van der Waals surface area contributed by atoms with Gasteiger partial charge < -0.3 is 10.6 Å². The molecule has 1 fully saturated rings. The van der Waals surface area contributed by atoms with Crippen molar-refractivity contribution in [3.63, 3.8) is 0 Å². The SMILES string of the molecule is C=CC(=O)Nc1cccc(C2(C)CCNCC2)c1. The summed E-state index contributed by atoms with van der Waals surface area (Å²) < 4.78 is 0. The molecule has 0 aromatic heterocycles. The number of hydrogen-bond donors (Lipinski definition) is 2. The van der Waals surface area contributed by atoms with Crippen LogP contribution in [-0.2, 0) is 10.2 Å². The summed E-state index contributed by atoms with van der Waals surface area (Å²) in [5.41, 5.74) is 2.35. The van der Waals surface area contributed by atoms with Gasteiger partial charge in [0.1, 0.15) is 0 Å². The summed E-state index contributed by atoms with van der Waals surface area (Å²) in [5.74, 6) is -0.164. The smallest absolute Gasteiger partial charge is 0.247 e. The van der Waals surface area contributed by atoms with Crippen molar-refractivity contribution in [1.82, 2.24) is 5.32 Å². The van der Waals surface area contributed by atoms with Crippen molar-refractivity contribution >= 4 is 11.6 Å². The van der Waals surface area contributed by atoms with Crippen LogP contribution in [0.25, 0.3) is 0 Å². The third-order valence-electron chi connectivity index (χ3n) is 3.72. The van der Waals surface area contributed by atoms with Crippen LogP contribution in [0.4, 0.5) is 5.69 Å². The number of nitrogens with one attached hydrogen (secondary N) is 2. The molecule has 0 bridgehead atoms. The number of anilines is 1. The minimum absolute atomic E-state index is 0.164. The summed E-state index contributed by atoms with van der Waals surface area (Å²) in [6, 6.07) is 8.14. The number of benzene rings is 1. The zero-order valence-electron chi connectivity index (χ0n) is 10.8. The van der Waals surface area contributed by atoms with Gasteiger partial charge >= 0.3 is 0 Å². The summed E-state index contributed by atoms with van der Waals surface area (Å²) in [6.45, 7) is 7.87. The molecule has 0 aliphatic carbocycles. The molecule has 1 amide bonds. The normalized spacial score (nSPS) is 18.1. The van der Waals surface area contributed by atoms with Crippen LogP contribution in [0.2, 0.25) is 0 Å². The molecule has 1 aromatic rings. The highest BCUT2D eigenvalue weighted by molar-refractivity contribution is 5.98. The summed E-state index contributed by atoms with van der Waals surface area (Å²) >= 11 is 0. The minimum Gasteiger partial charge on any atom is -0.323 e. The van der Waals surface area contributed by atoms with E-state index in [9.17, 15) is 4.79 Å². The van der Waals surface area contributed by atoms with Gasteiger partial charge in [-0.2, -0.15) is 0 Å². The van der Waals surface area contributed by atoms with Crippen LogP contribution in [0, 0.1) is 0 Å². The summed E-state index contributed by atoms with van der Waals surface area (Å²) in [6.07, 6.45) is 3.55. The first kappa shape index (κ1) is 12.8. The molecule has 0 radical (unpaired) electrons. The standard InChI is InChI=1S/C15H20N2O/c1-3-14(18)17-13-6-4-5-12(11-13)15(2)7-9-16-10-8-15/h3-6,11,16H,1,7-10H2,2H3,(H,17,18). The quantitative estimate of drug-likeness (QED) is 0.802. The predicted octanol–water partition coefficient (Wildman–Crippen LogP) is 2.45. The molecule has 18 heavy (non-hydrogen) atoms. The second-order valence-electron chi connectivity index (χ2n) is 5.08. The van der Waals surface area contributed by atoms with E-state index >= 15 is 0 Å². The molecule has 1 aliphatic heterocycles. The van der Waals surface area contributed by atoms with Gasteiger partial charge in [0.2, 0.25) is 5.91 Å². The monoisotopic (exact) mass is 244 g/mol. The van der Waals surface area contributed by atoms with Crippen LogP contribution in [0.1, 0.15) is 25.3 Å². The number of hydrogen-bond acceptors (Lipinski definition) is 2. The Morgan fingerprint density at radius 3 is 2.83 bits per heavy atom. The Morgan fingerprint density at radius 2 is 2.17 bits per heavy atom. The molecule has 96 valence electrons. The van der Waals surface area contributed by atoms with E-state index in [0.717, 1.165) is 31.6 Å². The van der Waals surface area contributed by atoms with E-state index in [2.05, 4.69) is 36.3 Å². The summed E-state index contributed by atoms with van der Waals surface area (Å²) in [5, 5.41) is 6.20. The first-order valence-corrected chi connectivity index (χ1v) is 6.39. The highest BCUT2D eigenvalue weighted by atomic mass is 16.1. The van der Waals surface area contributed by atoms with E-state index in [1.54, 1.807) is 0 Å². The van der Waals surface area contributed by atoms with Crippen LogP contribution < -0.4 is 10.6 Å². The molecule has 3 heteroatoms. The van der Waals surface area contributed by atoms with Crippen molar-refractivity contribution in [3.05, 3.63) is 42.5 Å². The van der Waals surface area contributed by atoms with E-state index in [4.69, 9.17) is 0 Å². The van der Waals surface area contributed by atoms with Gasteiger partial charge in [-0.15, -0.1) is 0 Å². The molecule has 0 unspecified atom stereocenters. The van der Waals surface area contributed by atoms with Gasteiger partial charge in [-0.05, 0) is 55.1 Å². The number of piperidine rings is 1. The van der Waals surface area contributed by atoms with E-state index in [1.165, 1.54) is 11.6 Å². The Labute approximate surface area is 108 Å². The van der Waals surface area contributed by atoms with Crippen LogP contribution in [-0.4, -0.2) is 19.0 Å². The van der Waals surface area contributed by atoms with E-state index in [1.807, 2.05) is 12.1 Å². The van der Waals surface area contributed by atoms with Crippen molar-refractivity contribution in [2.24, 2.45) is 0 Å². The maximum atomic E-state index is 11.3. The molecule has 1 heterocycles. The van der Waals surface area contributed by atoms with Crippen molar-refractivity contribution in [1.29, 1.82) is 0 Å². The molecule has 0 saturated carbocycles. The average molecular weight is 244 g/mol. The predicted molar refractivity (Wildman–Crippen MR) is 74.7 cm³/mol. The molecule has 1 aromatic carbocycles. The molecule has 1 saturated heterocycles. The Kier molecular flexibility index (Phi) is 3.82. The van der Waals surface area contributed by atoms with Gasteiger partial charge in [0, 0.05) is 5.69 Å². The second-order valence-corrected chi connectivity index (χ2v) is 5.08. The third kappa shape index (κ3) is 2.79. The molecule has 2 N–H and O–H groups in total. The summed E-state index contributed by atoms with van der Waals surface area (Å²) in [4.78, 5) is 11.3. The lowest BCUT2D eigenvalue weighted by Gasteiger charge is -2.34. The molecule has 1 aliphatic rings. The van der Waals surface area contributed by atoms with Gasteiger partial charge in [0.25, 0.3) is 0 Å². The lowest BCUT2D eigenvalue weighted by molar-refractivity contribution is -0.111. The van der Waals surface area contributed by atoms with Gasteiger partial charge in [-0.25, -0.2) is 0 Å². The highest BCUT2D eigenvalue weighted by Gasteiger charge is 2.28. The fourth-order valence-corrected chi connectivity index (χ4v) is 2.43. The Hall–Kier alpha value is -1.61. The van der Waals surface area contributed by atoms with E-state index in [-0.39, 0.29) is 11.3 Å². The Bertz CT molecular complexity index is 448. The largest absolute Gasteiger partial charge is 0.323 e. The van der Waals surface area contributed by atoms with Crippen LogP contribution >= 0.6 is 0 Å². The molecular formula is C15H20N2O. The lowest BCUT2D eigenvalue weighted by atomic mass is 9.75. The maximum absolute atomic E-state index is 11.3. The molecular weight excluding hydrogens is 224 g/mol. The lowest BCUT2D eigenvalue weighted by Crippen LogP contribution is -2.37. The van der Waals surface area contributed by atoms with E-state index in [0.29, 0.717) is 0 Å². The number of amides is 1. The first-order chi connectivity index (χ1) is 8.64. The first-order valence-electron chi connectivity index (χ1n) is 6.39. The average Bonchev–Trinajstić information content (AvgIpc) is 2.40. The van der Waals surface area contributed by atoms with Gasteiger partial charge in [-0.1, -0.05) is 25.6 Å². The Morgan fingerprint density at radius 1 is 1.44 bits per heavy atom. The minimum atomic E-state index is -0.164. The second kappa shape index (κ2) is 5.36. The third-order valence-corrected chi connectivity index (χ3v) is 3.72. The fourth-order valence-electron chi connectivity index (χ4n) is 2.43. The number of carbonyl (C=O) groups excluding carboxylic acids is 1. The summed E-state index contributed by atoms with van der Waals surface area (Å²) in [7, 11) is 0. The van der Waals surface area contributed by atoms with Crippen LogP contribution in [0.15, 0.2) is 36.9 Å². The van der Waals surface area contributed by atoms with Crippen molar-refractivity contribution in [3.8, 4) is 0 Å². The number of carbonyl (C=O) groups is 1. The van der Waals surface area contributed by atoms with Gasteiger partial charge in [0.15, 0.2) is 0 Å².